The Kier molecular flexibility index (Phi) is 4.77. The van der Waals surface area contributed by atoms with E-state index in [1.165, 1.54) is 11.0 Å². The molecule has 1 unspecified atom stereocenters. The van der Waals surface area contributed by atoms with Crippen molar-refractivity contribution in [1.29, 1.82) is 0 Å². The van der Waals surface area contributed by atoms with E-state index in [4.69, 9.17) is 0 Å². The second kappa shape index (κ2) is 7.37. The first-order valence-electron chi connectivity index (χ1n) is 10.4. The Balaban J connectivity index is 1.36. The van der Waals surface area contributed by atoms with Gasteiger partial charge in [-0.05, 0) is 60.3 Å². The van der Waals surface area contributed by atoms with E-state index in [1.807, 2.05) is 4.90 Å². The maximum Gasteiger partial charge on any atom is 0.416 e. The molecule has 2 amide bonds. The number of benzene rings is 2. The lowest BCUT2D eigenvalue weighted by atomic mass is 10.0. The Bertz CT molecular complexity index is 1060. The van der Waals surface area contributed by atoms with Crippen molar-refractivity contribution in [2.45, 2.75) is 44.7 Å². The molecule has 0 spiro atoms. The van der Waals surface area contributed by atoms with Crippen LogP contribution in [0.4, 0.5) is 13.2 Å². The van der Waals surface area contributed by atoms with Crippen molar-refractivity contribution in [3.05, 3.63) is 69.8 Å². The van der Waals surface area contributed by atoms with Gasteiger partial charge in [0.1, 0.15) is 0 Å². The predicted octanol–water partition coefficient (Wildman–Crippen LogP) is 3.57. The number of carbonyl (C=O) groups excluding carboxylic acids is 2. The summed E-state index contributed by atoms with van der Waals surface area (Å²) in [6.45, 7) is 2.26. The van der Waals surface area contributed by atoms with Crippen LogP contribution in [0.25, 0.3) is 0 Å². The largest absolute Gasteiger partial charge is 0.416 e. The molecular weight excluding hydrogens is 407 g/mol. The number of nitrogens with zero attached hydrogens (tertiary/aromatic N) is 2. The highest BCUT2D eigenvalue weighted by atomic mass is 19.4. The first-order valence-corrected chi connectivity index (χ1v) is 10.4. The zero-order chi connectivity index (χ0) is 21.8. The van der Waals surface area contributed by atoms with Crippen molar-refractivity contribution in [3.63, 3.8) is 0 Å². The molecule has 3 heterocycles. The third kappa shape index (κ3) is 3.48. The van der Waals surface area contributed by atoms with Gasteiger partial charge in [0.15, 0.2) is 0 Å². The predicted molar refractivity (Wildman–Crippen MR) is 107 cm³/mol. The van der Waals surface area contributed by atoms with E-state index in [2.05, 4.69) is 5.32 Å². The lowest BCUT2D eigenvalue weighted by Crippen LogP contribution is -2.46. The topological polar surface area (TPSA) is 52.7 Å². The van der Waals surface area contributed by atoms with Crippen molar-refractivity contribution in [1.82, 2.24) is 15.1 Å². The number of halogens is 3. The Morgan fingerprint density at radius 1 is 1.06 bits per heavy atom. The van der Waals surface area contributed by atoms with Gasteiger partial charge in [0.2, 0.25) is 0 Å². The molecular formula is C23H22F3N3O2. The summed E-state index contributed by atoms with van der Waals surface area (Å²) >= 11 is 0. The van der Waals surface area contributed by atoms with Crippen LogP contribution in [0.5, 0.6) is 0 Å². The summed E-state index contributed by atoms with van der Waals surface area (Å²) in [5.74, 6) is -0.344. The number of rotatable bonds is 2. The smallest absolute Gasteiger partial charge is 0.330 e. The van der Waals surface area contributed by atoms with Gasteiger partial charge in [0, 0.05) is 43.3 Å². The number of amides is 2. The van der Waals surface area contributed by atoms with Gasteiger partial charge < -0.3 is 15.1 Å². The molecule has 1 N–H and O–H groups in total. The van der Waals surface area contributed by atoms with Gasteiger partial charge in [-0.1, -0.05) is 12.1 Å². The van der Waals surface area contributed by atoms with Crippen LogP contribution in [-0.4, -0.2) is 40.7 Å². The fraction of sp³-hybridized carbons (Fsp3) is 0.391. The minimum Gasteiger partial charge on any atom is -0.330 e. The molecule has 2 aromatic carbocycles. The molecule has 162 valence electrons. The number of hydrogen-bond acceptors (Lipinski definition) is 3. The normalized spacial score (nSPS) is 20.7. The van der Waals surface area contributed by atoms with E-state index >= 15 is 0 Å². The number of alkyl halides is 3. The van der Waals surface area contributed by atoms with E-state index < -0.39 is 11.7 Å². The summed E-state index contributed by atoms with van der Waals surface area (Å²) in [6, 6.07) is 9.21. The highest BCUT2D eigenvalue weighted by Gasteiger charge is 2.38. The summed E-state index contributed by atoms with van der Waals surface area (Å²) < 4.78 is 40.0. The maximum absolute atomic E-state index is 13.3. The van der Waals surface area contributed by atoms with Gasteiger partial charge >= 0.3 is 6.18 Å². The van der Waals surface area contributed by atoms with E-state index in [1.54, 1.807) is 24.3 Å². The number of nitrogens with one attached hydrogen (secondary N) is 1. The molecule has 5 rings (SSSR count). The summed E-state index contributed by atoms with van der Waals surface area (Å²) in [7, 11) is 0. The van der Waals surface area contributed by atoms with Crippen molar-refractivity contribution in [2.24, 2.45) is 0 Å². The molecule has 1 fully saturated rings. The second-order valence-electron chi connectivity index (χ2n) is 8.41. The highest BCUT2D eigenvalue weighted by molar-refractivity contribution is 6.01. The standard InChI is InChI=1S/C23H22F3N3O2/c24-23(25,26)20-5-1-3-15-11-28(13-19(15)20)21(30)14-6-7-18-16(9-14)12-29(22(18)31)17-4-2-8-27-10-17/h1,3,5-7,9,17,27H,2,4,8,10-13H2. The number of hydrogen-bond donors (Lipinski definition) is 1. The monoisotopic (exact) mass is 429 g/mol. The van der Waals surface area contributed by atoms with Crippen LogP contribution >= 0.6 is 0 Å². The fourth-order valence-corrected chi connectivity index (χ4v) is 4.88. The SMILES string of the molecule is O=C(c1ccc2c(c1)CN(C1CCCNC1)C2=O)N1Cc2cccc(C(F)(F)F)c2C1. The molecule has 8 heteroatoms. The Morgan fingerprint density at radius 2 is 1.90 bits per heavy atom. The van der Waals surface area contributed by atoms with E-state index in [-0.39, 0.29) is 36.5 Å². The number of carbonyl (C=O) groups is 2. The van der Waals surface area contributed by atoms with Crippen LogP contribution in [0, 0.1) is 0 Å². The zero-order valence-corrected chi connectivity index (χ0v) is 16.8. The van der Waals surface area contributed by atoms with E-state index in [9.17, 15) is 22.8 Å². The summed E-state index contributed by atoms with van der Waals surface area (Å²) in [5, 5.41) is 3.31. The van der Waals surface area contributed by atoms with E-state index in [0.717, 1.165) is 37.6 Å². The van der Waals surface area contributed by atoms with Crippen LogP contribution in [0.1, 0.15) is 55.8 Å². The van der Waals surface area contributed by atoms with Gasteiger partial charge in [-0.15, -0.1) is 0 Å². The molecule has 2 aromatic rings. The second-order valence-corrected chi connectivity index (χ2v) is 8.41. The van der Waals surface area contributed by atoms with Gasteiger partial charge in [-0.2, -0.15) is 13.2 Å². The third-order valence-electron chi connectivity index (χ3n) is 6.47. The molecule has 0 aliphatic carbocycles. The Morgan fingerprint density at radius 3 is 2.65 bits per heavy atom. The molecule has 3 aliphatic rings. The van der Waals surface area contributed by atoms with Crippen molar-refractivity contribution < 1.29 is 22.8 Å². The number of fused-ring (bicyclic) bond motifs is 2. The molecule has 0 bridgehead atoms. The molecule has 1 atom stereocenters. The van der Waals surface area contributed by atoms with Gasteiger partial charge in [0.05, 0.1) is 5.56 Å². The molecule has 1 saturated heterocycles. The average Bonchev–Trinajstić information content (AvgIpc) is 3.34. The maximum atomic E-state index is 13.3. The molecule has 0 aromatic heterocycles. The Hall–Kier alpha value is -2.87. The molecule has 5 nitrogen and oxygen atoms in total. The number of piperidine rings is 1. The zero-order valence-electron chi connectivity index (χ0n) is 16.8. The molecule has 0 radical (unpaired) electrons. The first kappa shape index (κ1) is 20.1. The van der Waals surface area contributed by atoms with Gasteiger partial charge in [0.25, 0.3) is 11.8 Å². The lowest BCUT2D eigenvalue weighted by Gasteiger charge is -2.31. The molecule has 0 saturated carbocycles. The lowest BCUT2D eigenvalue weighted by molar-refractivity contribution is -0.138. The summed E-state index contributed by atoms with van der Waals surface area (Å²) in [4.78, 5) is 29.2. The van der Waals surface area contributed by atoms with Gasteiger partial charge in [-0.25, -0.2) is 0 Å². The fourth-order valence-electron chi connectivity index (χ4n) is 4.88. The van der Waals surface area contributed by atoms with Crippen LogP contribution in [-0.2, 0) is 25.8 Å². The van der Waals surface area contributed by atoms with Crippen molar-refractivity contribution >= 4 is 11.8 Å². The third-order valence-corrected chi connectivity index (χ3v) is 6.47. The van der Waals surface area contributed by atoms with Crippen LogP contribution in [0.15, 0.2) is 36.4 Å². The minimum atomic E-state index is -4.45. The quantitative estimate of drug-likeness (QED) is 0.794. The summed E-state index contributed by atoms with van der Waals surface area (Å²) in [5.41, 5.74) is 1.81. The van der Waals surface area contributed by atoms with Crippen LogP contribution < -0.4 is 5.32 Å². The molecule has 31 heavy (non-hydrogen) atoms. The Labute approximate surface area is 177 Å². The minimum absolute atomic E-state index is 0.0221. The van der Waals surface area contributed by atoms with Crippen molar-refractivity contribution in [3.8, 4) is 0 Å². The first-order chi connectivity index (χ1) is 14.8. The molecule has 3 aliphatic heterocycles. The van der Waals surface area contributed by atoms with Crippen molar-refractivity contribution in [2.75, 3.05) is 13.1 Å². The summed E-state index contributed by atoms with van der Waals surface area (Å²) in [6.07, 6.45) is -2.48. The van der Waals surface area contributed by atoms with Crippen LogP contribution in [0.3, 0.4) is 0 Å². The van der Waals surface area contributed by atoms with E-state index in [0.29, 0.717) is 23.2 Å². The van der Waals surface area contributed by atoms with Crippen LogP contribution in [0.2, 0.25) is 0 Å². The average molecular weight is 429 g/mol. The van der Waals surface area contributed by atoms with Gasteiger partial charge in [-0.3, -0.25) is 9.59 Å². The highest BCUT2D eigenvalue weighted by Crippen LogP contribution is 2.37.